The van der Waals surface area contributed by atoms with E-state index in [9.17, 15) is 4.79 Å². The predicted octanol–water partition coefficient (Wildman–Crippen LogP) is 2.92. The van der Waals surface area contributed by atoms with Crippen molar-refractivity contribution in [2.45, 2.75) is 46.0 Å². The first-order valence-corrected chi connectivity index (χ1v) is 5.77. The van der Waals surface area contributed by atoms with E-state index in [-0.39, 0.29) is 5.92 Å². The molecule has 0 amide bonds. The number of fused-ring (bicyclic) bond motifs is 1. The van der Waals surface area contributed by atoms with E-state index in [1.165, 1.54) is 19.3 Å². The molecular weight excluding hydrogens is 176 g/mol. The SMILES string of the molecule is C[C@H]1CCC[C@@H]2C[C@H](C(=O)O)C[C@@]21C. The average Bonchev–Trinajstić information content (AvgIpc) is 2.45. The van der Waals surface area contributed by atoms with Crippen LogP contribution in [0.15, 0.2) is 0 Å². The van der Waals surface area contributed by atoms with Crippen molar-refractivity contribution in [3.63, 3.8) is 0 Å². The zero-order chi connectivity index (χ0) is 10.3. The normalized spacial score (nSPS) is 47.4. The second-order valence-electron chi connectivity index (χ2n) is 5.51. The Hall–Kier alpha value is -0.530. The fourth-order valence-electron chi connectivity index (χ4n) is 3.63. The number of hydrogen-bond acceptors (Lipinski definition) is 1. The van der Waals surface area contributed by atoms with E-state index >= 15 is 0 Å². The standard InChI is InChI=1S/C12H20O2/c1-8-4-3-5-10-6-9(11(13)14)7-12(8,10)2/h8-10H,3-7H2,1-2H3,(H,13,14)/t8-,9-,10+,12+/m0/s1. The highest BCUT2D eigenvalue weighted by Crippen LogP contribution is 2.56. The van der Waals surface area contributed by atoms with Crippen LogP contribution in [0, 0.1) is 23.2 Å². The van der Waals surface area contributed by atoms with Gasteiger partial charge in [0.2, 0.25) is 0 Å². The van der Waals surface area contributed by atoms with Gasteiger partial charge in [-0.25, -0.2) is 0 Å². The van der Waals surface area contributed by atoms with Gasteiger partial charge in [-0.15, -0.1) is 0 Å². The van der Waals surface area contributed by atoms with Crippen molar-refractivity contribution < 1.29 is 9.90 Å². The lowest BCUT2D eigenvalue weighted by Gasteiger charge is -2.42. The number of carbonyl (C=O) groups is 1. The van der Waals surface area contributed by atoms with Gasteiger partial charge < -0.3 is 5.11 Å². The summed E-state index contributed by atoms with van der Waals surface area (Å²) in [6, 6.07) is 0. The van der Waals surface area contributed by atoms with Gasteiger partial charge in [0.15, 0.2) is 0 Å². The fourth-order valence-corrected chi connectivity index (χ4v) is 3.63. The van der Waals surface area contributed by atoms with Crippen molar-refractivity contribution in [3.05, 3.63) is 0 Å². The van der Waals surface area contributed by atoms with E-state index in [2.05, 4.69) is 13.8 Å². The van der Waals surface area contributed by atoms with Crippen molar-refractivity contribution in [2.24, 2.45) is 23.2 Å². The fraction of sp³-hybridized carbons (Fsp3) is 0.917. The second kappa shape index (κ2) is 3.25. The highest BCUT2D eigenvalue weighted by atomic mass is 16.4. The third-order valence-corrected chi connectivity index (χ3v) is 4.85. The van der Waals surface area contributed by atoms with E-state index in [1.54, 1.807) is 0 Å². The van der Waals surface area contributed by atoms with Crippen LogP contribution in [0.2, 0.25) is 0 Å². The Morgan fingerprint density at radius 3 is 2.71 bits per heavy atom. The van der Waals surface area contributed by atoms with Crippen molar-refractivity contribution >= 4 is 5.97 Å². The molecule has 2 saturated carbocycles. The molecule has 80 valence electrons. The van der Waals surface area contributed by atoms with Gasteiger partial charge in [-0.2, -0.15) is 0 Å². The second-order valence-corrected chi connectivity index (χ2v) is 5.51. The lowest BCUT2D eigenvalue weighted by Crippen LogP contribution is -2.33. The van der Waals surface area contributed by atoms with Gasteiger partial charge in [0.05, 0.1) is 5.92 Å². The summed E-state index contributed by atoms with van der Waals surface area (Å²) in [6.07, 6.45) is 5.68. The van der Waals surface area contributed by atoms with Gasteiger partial charge in [0.1, 0.15) is 0 Å². The smallest absolute Gasteiger partial charge is 0.306 e. The minimum absolute atomic E-state index is 0.0643. The first kappa shape index (κ1) is 10.0. The molecule has 0 spiro atoms. The lowest BCUT2D eigenvalue weighted by atomic mass is 9.63. The molecule has 2 aliphatic rings. The highest BCUT2D eigenvalue weighted by Gasteiger charge is 2.50. The molecule has 0 heterocycles. The molecule has 0 saturated heterocycles. The summed E-state index contributed by atoms with van der Waals surface area (Å²) in [4.78, 5) is 11.0. The van der Waals surface area contributed by atoms with E-state index in [0.29, 0.717) is 17.3 Å². The maximum Gasteiger partial charge on any atom is 0.306 e. The molecule has 2 aliphatic carbocycles. The Balaban J connectivity index is 2.17. The monoisotopic (exact) mass is 196 g/mol. The van der Waals surface area contributed by atoms with Crippen molar-refractivity contribution in [2.75, 3.05) is 0 Å². The van der Waals surface area contributed by atoms with Crippen LogP contribution in [0.3, 0.4) is 0 Å². The Bertz CT molecular complexity index is 249. The maximum atomic E-state index is 11.0. The van der Waals surface area contributed by atoms with Crippen LogP contribution in [0.1, 0.15) is 46.0 Å². The Morgan fingerprint density at radius 2 is 2.14 bits per heavy atom. The summed E-state index contributed by atoms with van der Waals surface area (Å²) in [5, 5.41) is 9.06. The summed E-state index contributed by atoms with van der Waals surface area (Å²) >= 11 is 0. The van der Waals surface area contributed by atoms with Crippen LogP contribution in [0.5, 0.6) is 0 Å². The van der Waals surface area contributed by atoms with Gasteiger partial charge in [-0.1, -0.05) is 26.7 Å². The van der Waals surface area contributed by atoms with Crippen molar-refractivity contribution in [1.82, 2.24) is 0 Å². The molecule has 4 atom stereocenters. The van der Waals surface area contributed by atoms with E-state index in [4.69, 9.17) is 5.11 Å². The molecule has 0 bridgehead atoms. The van der Waals surface area contributed by atoms with E-state index < -0.39 is 5.97 Å². The molecule has 14 heavy (non-hydrogen) atoms. The van der Waals surface area contributed by atoms with Crippen molar-refractivity contribution in [1.29, 1.82) is 0 Å². The van der Waals surface area contributed by atoms with Crippen LogP contribution in [-0.4, -0.2) is 11.1 Å². The molecule has 0 radical (unpaired) electrons. The first-order chi connectivity index (χ1) is 6.54. The predicted molar refractivity (Wildman–Crippen MR) is 55.0 cm³/mol. The summed E-state index contributed by atoms with van der Waals surface area (Å²) in [6.45, 7) is 4.61. The molecule has 0 aromatic heterocycles. The molecule has 2 heteroatoms. The third kappa shape index (κ3) is 1.35. The zero-order valence-electron chi connectivity index (χ0n) is 9.12. The number of hydrogen-bond donors (Lipinski definition) is 1. The zero-order valence-corrected chi connectivity index (χ0v) is 9.12. The Labute approximate surface area is 85.7 Å². The molecule has 0 unspecified atom stereocenters. The quantitative estimate of drug-likeness (QED) is 0.700. The molecular formula is C12H20O2. The van der Waals surface area contributed by atoms with Crippen LogP contribution < -0.4 is 0 Å². The molecule has 1 N–H and O–H groups in total. The highest BCUT2D eigenvalue weighted by molar-refractivity contribution is 5.70. The van der Waals surface area contributed by atoms with Gasteiger partial charge >= 0.3 is 5.97 Å². The third-order valence-electron chi connectivity index (χ3n) is 4.85. The minimum atomic E-state index is -0.576. The molecule has 0 aliphatic heterocycles. The number of carboxylic acids is 1. The van der Waals surface area contributed by atoms with Gasteiger partial charge in [0.25, 0.3) is 0 Å². The summed E-state index contributed by atoms with van der Waals surface area (Å²) in [5.41, 5.74) is 0.321. The van der Waals surface area contributed by atoms with Crippen LogP contribution >= 0.6 is 0 Å². The summed E-state index contributed by atoms with van der Waals surface area (Å²) < 4.78 is 0. The topological polar surface area (TPSA) is 37.3 Å². The molecule has 0 aromatic carbocycles. The number of aliphatic carboxylic acids is 1. The molecule has 0 aromatic rings. The molecule has 2 nitrogen and oxygen atoms in total. The van der Waals surface area contributed by atoms with Crippen LogP contribution in [0.4, 0.5) is 0 Å². The van der Waals surface area contributed by atoms with Crippen molar-refractivity contribution in [3.8, 4) is 0 Å². The van der Waals surface area contributed by atoms with Gasteiger partial charge in [-0.05, 0) is 36.5 Å². The maximum absolute atomic E-state index is 11.0. The Morgan fingerprint density at radius 1 is 1.43 bits per heavy atom. The summed E-state index contributed by atoms with van der Waals surface area (Å²) in [7, 11) is 0. The van der Waals surface area contributed by atoms with Crippen LogP contribution in [0.25, 0.3) is 0 Å². The lowest BCUT2D eigenvalue weighted by molar-refractivity contribution is -0.141. The van der Waals surface area contributed by atoms with Gasteiger partial charge in [-0.3, -0.25) is 4.79 Å². The molecule has 2 rings (SSSR count). The van der Waals surface area contributed by atoms with E-state index in [1.807, 2.05) is 0 Å². The average molecular weight is 196 g/mol. The van der Waals surface area contributed by atoms with E-state index in [0.717, 1.165) is 12.8 Å². The van der Waals surface area contributed by atoms with Crippen LogP contribution in [-0.2, 0) is 4.79 Å². The first-order valence-electron chi connectivity index (χ1n) is 5.77. The minimum Gasteiger partial charge on any atom is -0.481 e. The Kier molecular flexibility index (Phi) is 2.32. The largest absolute Gasteiger partial charge is 0.481 e. The number of carboxylic acid groups (broad SMARTS) is 1. The molecule has 2 fully saturated rings. The summed E-state index contributed by atoms with van der Waals surface area (Å²) in [5.74, 6) is 0.747. The number of rotatable bonds is 1. The van der Waals surface area contributed by atoms with Gasteiger partial charge in [0, 0.05) is 0 Å².